The maximum absolute atomic E-state index is 3.56. The molecule has 2 nitrogen and oxygen atoms in total. The van der Waals surface area contributed by atoms with Crippen molar-refractivity contribution in [1.29, 1.82) is 0 Å². The van der Waals surface area contributed by atoms with Crippen LogP contribution in [0.15, 0.2) is 53.0 Å². The van der Waals surface area contributed by atoms with Crippen molar-refractivity contribution in [2.75, 3.05) is 11.4 Å². The predicted octanol–water partition coefficient (Wildman–Crippen LogP) is 4.49. The molecule has 0 saturated carbocycles. The summed E-state index contributed by atoms with van der Waals surface area (Å²) in [5.41, 5.74) is 5.40. The molecule has 3 heteroatoms. The second-order valence-electron chi connectivity index (χ2n) is 5.28. The number of anilines is 1. The lowest BCUT2D eigenvalue weighted by molar-refractivity contribution is 0.726. The second kappa shape index (κ2) is 4.67. The van der Waals surface area contributed by atoms with Crippen LogP contribution in [0.3, 0.4) is 0 Å². The van der Waals surface area contributed by atoms with Crippen molar-refractivity contribution < 1.29 is 0 Å². The van der Waals surface area contributed by atoms with Crippen molar-refractivity contribution in [3.8, 4) is 0 Å². The summed E-state index contributed by atoms with van der Waals surface area (Å²) in [6.45, 7) is 2.05. The number of halogens is 1. The van der Waals surface area contributed by atoms with Crippen molar-refractivity contribution >= 4 is 32.5 Å². The number of nitrogens with one attached hydrogen (secondary N) is 1. The van der Waals surface area contributed by atoms with Gasteiger partial charge in [0.05, 0.1) is 0 Å². The maximum atomic E-state index is 3.56. The highest BCUT2D eigenvalue weighted by atomic mass is 79.9. The van der Waals surface area contributed by atoms with Gasteiger partial charge < -0.3 is 9.88 Å². The summed E-state index contributed by atoms with van der Waals surface area (Å²) < 4.78 is 1.14. The molecule has 100 valence electrons. The van der Waals surface area contributed by atoms with Crippen LogP contribution in [0.4, 0.5) is 5.69 Å². The van der Waals surface area contributed by atoms with Crippen LogP contribution in [0.2, 0.25) is 0 Å². The third kappa shape index (κ3) is 1.93. The zero-order valence-electron chi connectivity index (χ0n) is 11.1. The molecule has 0 radical (unpaired) electrons. The smallest absolute Gasteiger partial charge is 0.0459 e. The Hall–Kier alpha value is -1.74. The predicted molar refractivity (Wildman–Crippen MR) is 87.2 cm³/mol. The third-order valence-corrected chi connectivity index (χ3v) is 4.55. The van der Waals surface area contributed by atoms with Crippen LogP contribution in [0.25, 0.3) is 10.9 Å². The number of hydrogen-bond donors (Lipinski definition) is 1. The summed E-state index contributed by atoms with van der Waals surface area (Å²) >= 11 is 3.56. The minimum absolute atomic E-state index is 0.982. The molecule has 0 amide bonds. The number of para-hydroxylation sites is 1. The number of aromatic nitrogens is 1. The second-order valence-corrected chi connectivity index (χ2v) is 6.19. The van der Waals surface area contributed by atoms with E-state index in [9.17, 15) is 0 Å². The highest BCUT2D eigenvalue weighted by molar-refractivity contribution is 9.10. The first-order chi connectivity index (χ1) is 9.81. The molecule has 0 fully saturated rings. The normalized spacial score (nSPS) is 14.6. The van der Waals surface area contributed by atoms with Gasteiger partial charge >= 0.3 is 0 Å². The van der Waals surface area contributed by atoms with E-state index < -0.39 is 0 Å². The molecule has 1 aliphatic rings. The first-order valence-electron chi connectivity index (χ1n) is 6.90. The Morgan fingerprint density at radius 2 is 1.95 bits per heavy atom. The molecular weight excluding hydrogens is 312 g/mol. The van der Waals surface area contributed by atoms with Crippen LogP contribution in [0.5, 0.6) is 0 Å². The van der Waals surface area contributed by atoms with Gasteiger partial charge in [0.25, 0.3) is 0 Å². The Morgan fingerprint density at radius 3 is 2.85 bits per heavy atom. The third-order valence-electron chi connectivity index (χ3n) is 4.06. The van der Waals surface area contributed by atoms with E-state index in [0.29, 0.717) is 0 Å². The van der Waals surface area contributed by atoms with Crippen molar-refractivity contribution in [3.63, 3.8) is 0 Å². The molecule has 0 saturated heterocycles. The molecule has 1 aromatic heterocycles. The molecule has 0 unspecified atom stereocenters. The Kier molecular flexibility index (Phi) is 2.81. The van der Waals surface area contributed by atoms with E-state index in [2.05, 4.69) is 74.3 Å². The Morgan fingerprint density at radius 1 is 1.05 bits per heavy atom. The lowest BCUT2D eigenvalue weighted by Gasteiger charge is -2.29. The molecule has 0 aliphatic carbocycles. The molecule has 2 heterocycles. The molecule has 3 aromatic rings. The van der Waals surface area contributed by atoms with Gasteiger partial charge in [-0.2, -0.15) is 0 Å². The number of hydrogen-bond acceptors (Lipinski definition) is 1. The SMILES string of the molecule is Brc1cccc(N2CCc3[nH]c4ccccc4c3C2)c1. The van der Waals surface area contributed by atoms with Gasteiger partial charge in [-0.15, -0.1) is 0 Å². The highest BCUT2D eigenvalue weighted by Crippen LogP contribution is 2.30. The summed E-state index contributed by atoms with van der Waals surface area (Å²) in [6.07, 6.45) is 1.08. The van der Waals surface area contributed by atoms with Gasteiger partial charge in [0, 0.05) is 51.8 Å². The number of benzene rings is 2. The van der Waals surface area contributed by atoms with Crippen LogP contribution in [0, 0.1) is 0 Å². The van der Waals surface area contributed by atoms with Gasteiger partial charge in [-0.1, -0.05) is 40.2 Å². The first-order valence-corrected chi connectivity index (χ1v) is 7.69. The summed E-state index contributed by atoms with van der Waals surface area (Å²) in [7, 11) is 0. The van der Waals surface area contributed by atoms with E-state index in [-0.39, 0.29) is 0 Å². The van der Waals surface area contributed by atoms with E-state index in [1.807, 2.05) is 0 Å². The monoisotopic (exact) mass is 326 g/mol. The van der Waals surface area contributed by atoms with Gasteiger partial charge in [-0.25, -0.2) is 0 Å². The van der Waals surface area contributed by atoms with Gasteiger partial charge in [-0.3, -0.25) is 0 Å². The van der Waals surface area contributed by atoms with E-state index >= 15 is 0 Å². The van der Waals surface area contributed by atoms with E-state index in [4.69, 9.17) is 0 Å². The van der Waals surface area contributed by atoms with Crippen molar-refractivity contribution in [2.24, 2.45) is 0 Å². The largest absolute Gasteiger partial charge is 0.367 e. The number of fused-ring (bicyclic) bond motifs is 3. The minimum Gasteiger partial charge on any atom is -0.367 e. The van der Waals surface area contributed by atoms with Crippen LogP contribution < -0.4 is 4.90 Å². The number of H-pyrrole nitrogens is 1. The molecule has 2 aromatic carbocycles. The zero-order chi connectivity index (χ0) is 13.5. The van der Waals surface area contributed by atoms with E-state index in [1.165, 1.54) is 27.8 Å². The van der Waals surface area contributed by atoms with Gasteiger partial charge in [0.1, 0.15) is 0 Å². The van der Waals surface area contributed by atoms with Gasteiger partial charge in [0.15, 0.2) is 0 Å². The van der Waals surface area contributed by atoms with Gasteiger partial charge in [-0.05, 0) is 24.3 Å². The number of aromatic amines is 1. The van der Waals surface area contributed by atoms with Crippen LogP contribution in [-0.2, 0) is 13.0 Å². The minimum atomic E-state index is 0.982. The Balaban J connectivity index is 1.75. The van der Waals surface area contributed by atoms with E-state index in [0.717, 1.165) is 24.0 Å². The Labute approximate surface area is 126 Å². The highest BCUT2D eigenvalue weighted by Gasteiger charge is 2.20. The number of rotatable bonds is 1. The summed E-state index contributed by atoms with van der Waals surface area (Å²) in [6, 6.07) is 17.1. The maximum Gasteiger partial charge on any atom is 0.0459 e. The average molecular weight is 327 g/mol. The molecule has 4 rings (SSSR count). The summed E-state index contributed by atoms with van der Waals surface area (Å²) in [4.78, 5) is 6.02. The standard InChI is InChI=1S/C17H15BrN2/c18-12-4-3-5-13(10-12)20-9-8-17-15(11-20)14-6-1-2-7-16(14)19-17/h1-7,10,19H,8-9,11H2. The Bertz CT molecular complexity index is 776. The molecule has 20 heavy (non-hydrogen) atoms. The molecular formula is C17H15BrN2. The van der Waals surface area contributed by atoms with Crippen LogP contribution >= 0.6 is 15.9 Å². The van der Waals surface area contributed by atoms with E-state index in [1.54, 1.807) is 0 Å². The van der Waals surface area contributed by atoms with Crippen LogP contribution in [-0.4, -0.2) is 11.5 Å². The fourth-order valence-corrected chi connectivity index (χ4v) is 3.45. The van der Waals surface area contributed by atoms with Crippen molar-refractivity contribution in [1.82, 2.24) is 4.98 Å². The van der Waals surface area contributed by atoms with Crippen molar-refractivity contribution in [3.05, 3.63) is 64.3 Å². The first kappa shape index (κ1) is 12.0. The topological polar surface area (TPSA) is 19.0 Å². The molecule has 1 aliphatic heterocycles. The summed E-state index contributed by atoms with van der Waals surface area (Å²) in [5.74, 6) is 0. The quantitative estimate of drug-likeness (QED) is 0.697. The van der Waals surface area contributed by atoms with Crippen LogP contribution in [0.1, 0.15) is 11.3 Å². The molecule has 0 spiro atoms. The van der Waals surface area contributed by atoms with Gasteiger partial charge in [0.2, 0.25) is 0 Å². The lowest BCUT2D eigenvalue weighted by Crippen LogP contribution is -2.29. The average Bonchev–Trinajstić information content (AvgIpc) is 2.85. The zero-order valence-corrected chi connectivity index (χ0v) is 12.7. The summed E-state index contributed by atoms with van der Waals surface area (Å²) in [5, 5.41) is 1.36. The molecule has 0 atom stereocenters. The number of nitrogens with zero attached hydrogens (tertiary/aromatic N) is 1. The van der Waals surface area contributed by atoms with Crippen molar-refractivity contribution in [2.45, 2.75) is 13.0 Å². The fraction of sp³-hybridized carbons (Fsp3) is 0.176. The molecule has 0 bridgehead atoms. The fourth-order valence-electron chi connectivity index (χ4n) is 3.06. The molecule has 1 N–H and O–H groups in total. The lowest BCUT2D eigenvalue weighted by atomic mass is 10.0.